The van der Waals surface area contributed by atoms with Crippen LogP contribution < -0.4 is 5.32 Å². The van der Waals surface area contributed by atoms with Gasteiger partial charge in [-0.25, -0.2) is 8.42 Å². The molecule has 1 amide bonds. The molecule has 0 aliphatic carbocycles. The number of amides is 1. The second-order valence-electron chi connectivity index (χ2n) is 4.73. The largest absolute Gasteiger partial charge is 0.383 e. The fraction of sp³-hybridized carbons (Fsp3) is 0.357. The lowest BCUT2D eigenvalue weighted by molar-refractivity contribution is 0.0955. The second-order valence-corrected chi connectivity index (χ2v) is 8.72. The Labute approximate surface area is 143 Å². The summed E-state index contributed by atoms with van der Waals surface area (Å²) >= 11 is 2.67. The predicted octanol–water partition coefficient (Wildman–Crippen LogP) is 2.01. The Morgan fingerprint density at radius 2 is 2.17 bits per heavy atom. The summed E-state index contributed by atoms with van der Waals surface area (Å²) in [7, 11) is -0.593. The Balaban J connectivity index is 2.02. The van der Waals surface area contributed by atoms with Gasteiger partial charge in [0.25, 0.3) is 5.91 Å². The summed E-state index contributed by atoms with van der Waals surface area (Å²) in [5.74, 6) is -0.274. The summed E-state index contributed by atoms with van der Waals surface area (Å²) in [6.45, 7) is 1.01. The highest BCUT2D eigenvalue weighted by Gasteiger charge is 2.23. The van der Waals surface area contributed by atoms with Crippen molar-refractivity contribution in [2.45, 2.75) is 11.4 Å². The van der Waals surface area contributed by atoms with E-state index in [0.29, 0.717) is 18.0 Å². The summed E-state index contributed by atoms with van der Waals surface area (Å²) in [6, 6.07) is 5.25. The van der Waals surface area contributed by atoms with Crippen molar-refractivity contribution >= 4 is 38.6 Å². The third kappa shape index (κ3) is 4.61. The predicted molar refractivity (Wildman–Crippen MR) is 91.5 cm³/mol. The molecule has 0 bridgehead atoms. The van der Waals surface area contributed by atoms with Gasteiger partial charge in [0, 0.05) is 31.0 Å². The Hall–Kier alpha value is -1.26. The maximum atomic E-state index is 12.4. The Bertz CT molecular complexity index is 738. The molecule has 126 valence electrons. The number of thiophene rings is 2. The number of hydrogen-bond acceptors (Lipinski definition) is 6. The lowest BCUT2D eigenvalue weighted by Gasteiger charge is -2.15. The fourth-order valence-electron chi connectivity index (χ4n) is 1.76. The molecule has 0 unspecified atom stereocenters. The summed E-state index contributed by atoms with van der Waals surface area (Å²) in [5.41, 5.74) is 0. The Morgan fingerprint density at radius 1 is 1.39 bits per heavy atom. The minimum absolute atomic E-state index is 0.127. The van der Waals surface area contributed by atoms with Gasteiger partial charge in [-0.2, -0.15) is 4.31 Å². The summed E-state index contributed by atoms with van der Waals surface area (Å²) in [4.78, 5) is 13.6. The van der Waals surface area contributed by atoms with E-state index in [0.717, 1.165) is 16.2 Å². The van der Waals surface area contributed by atoms with Crippen molar-refractivity contribution in [3.63, 3.8) is 0 Å². The first-order valence-corrected chi connectivity index (χ1v) is 9.99. The number of ether oxygens (including phenoxy) is 1. The number of sulfonamides is 1. The number of nitrogens with one attached hydrogen (secondary N) is 1. The van der Waals surface area contributed by atoms with Crippen LogP contribution >= 0.6 is 22.7 Å². The second kappa shape index (κ2) is 8.02. The van der Waals surface area contributed by atoms with Gasteiger partial charge in [0.1, 0.15) is 0 Å². The first-order valence-electron chi connectivity index (χ1n) is 6.79. The highest BCUT2D eigenvalue weighted by Crippen LogP contribution is 2.22. The molecule has 2 aromatic rings. The summed E-state index contributed by atoms with van der Waals surface area (Å²) < 4.78 is 30.8. The Morgan fingerprint density at radius 3 is 2.83 bits per heavy atom. The van der Waals surface area contributed by atoms with Crippen LogP contribution in [-0.2, 0) is 21.3 Å². The molecule has 0 saturated carbocycles. The lowest BCUT2D eigenvalue weighted by atomic mass is 10.4. The molecule has 0 aliphatic heterocycles. The number of likely N-dealkylation sites (N-methyl/N-ethyl adjacent to an activating group) is 1. The quantitative estimate of drug-likeness (QED) is 0.767. The van der Waals surface area contributed by atoms with Crippen molar-refractivity contribution in [1.29, 1.82) is 0 Å². The van der Waals surface area contributed by atoms with E-state index in [4.69, 9.17) is 4.74 Å². The first-order chi connectivity index (χ1) is 10.9. The van der Waals surface area contributed by atoms with E-state index in [1.165, 1.54) is 29.9 Å². The highest BCUT2D eigenvalue weighted by atomic mass is 32.2. The molecular weight excluding hydrogens is 356 g/mol. The molecule has 23 heavy (non-hydrogen) atoms. The minimum Gasteiger partial charge on any atom is -0.383 e. The van der Waals surface area contributed by atoms with E-state index >= 15 is 0 Å². The van der Waals surface area contributed by atoms with Gasteiger partial charge in [-0.05, 0) is 17.5 Å². The lowest BCUT2D eigenvalue weighted by Crippen LogP contribution is -2.29. The maximum Gasteiger partial charge on any atom is 0.261 e. The molecule has 0 aromatic carbocycles. The van der Waals surface area contributed by atoms with Crippen molar-refractivity contribution in [2.75, 3.05) is 27.3 Å². The molecule has 2 heterocycles. The van der Waals surface area contributed by atoms with E-state index in [9.17, 15) is 13.2 Å². The van der Waals surface area contributed by atoms with Gasteiger partial charge in [-0.15, -0.1) is 22.7 Å². The van der Waals surface area contributed by atoms with Crippen LogP contribution in [0.4, 0.5) is 0 Å². The van der Waals surface area contributed by atoms with Crippen LogP contribution in [-0.4, -0.2) is 45.9 Å². The molecule has 0 fully saturated rings. The molecule has 0 spiro atoms. The first kappa shape index (κ1) is 18.1. The minimum atomic E-state index is -3.60. The molecule has 1 N–H and O–H groups in total. The maximum absolute atomic E-state index is 12.4. The molecule has 9 heteroatoms. The average Bonchev–Trinajstić information content (AvgIpc) is 3.21. The molecule has 6 nitrogen and oxygen atoms in total. The van der Waals surface area contributed by atoms with Gasteiger partial charge in [-0.3, -0.25) is 4.79 Å². The number of carbonyl (C=O) groups is 1. The van der Waals surface area contributed by atoms with E-state index in [-0.39, 0.29) is 17.3 Å². The van der Waals surface area contributed by atoms with Gasteiger partial charge in [0.2, 0.25) is 10.0 Å². The molecule has 2 aromatic heterocycles. The Kier molecular flexibility index (Phi) is 6.31. The number of hydrogen-bond donors (Lipinski definition) is 1. The molecule has 0 aliphatic rings. The number of carbonyl (C=O) groups excluding carboxylic acids is 1. The zero-order chi connectivity index (χ0) is 16.9. The van der Waals surface area contributed by atoms with Gasteiger partial charge in [-0.1, -0.05) is 6.07 Å². The van der Waals surface area contributed by atoms with Crippen LogP contribution in [0.25, 0.3) is 0 Å². The van der Waals surface area contributed by atoms with E-state index in [1.807, 2.05) is 17.5 Å². The van der Waals surface area contributed by atoms with Crippen molar-refractivity contribution in [3.05, 3.63) is 38.7 Å². The summed E-state index contributed by atoms with van der Waals surface area (Å²) in [6.07, 6.45) is 0. The van der Waals surface area contributed by atoms with Crippen LogP contribution in [0.2, 0.25) is 0 Å². The smallest absolute Gasteiger partial charge is 0.261 e. The topological polar surface area (TPSA) is 75.7 Å². The van der Waals surface area contributed by atoms with Crippen molar-refractivity contribution < 1.29 is 17.9 Å². The normalized spacial score (nSPS) is 11.8. The third-order valence-corrected chi connectivity index (χ3v) is 6.91. The monoisotopic (exact) mass is 374 g/mol. The molecule has 2 rings (SSSR count). The third-order valence-electron chi connectivity index (χ3n) is 3.12. The van der Waals surface area contributed by atoms with E-state index < -0.39 is 10.0 Å². The fourth-order valence-corrected chi connectivity index (χ4v) is 4.74. The van der Waals surface area contributed by atoms with Gasteiger partial charge in [0.15, 0.2) is 0 Å². The number of rotatable bonds is 8. The van der Waals surface area contributed by atoms with Crippen LogP contribution in [0.1, 0.15) is 14.5 Å². The van der Waals surface area contributed by atoms with E-state index in [2.05, 4.69) is 5.32 Å². The van der Waals surface area contributed by atoms with Crippen LogP contribution in [0.5, 0.6) is 0 Å². The van der Waals surface area contributed by atoms with Crippen molar-refractivity contribution in [1.82, 2.24) is 9.62 Å². The zero-order valence-corrected chi connectivity index (χ0v) is 15.3. The van der Waals surface area contributed by atoms with Gasteiger partial charge in [0.05, 0.1) is 22.9 Å². The van der Waals surface area contributed by atoms with Crippen molar-refractivity contribution in [3.8, 4) is 0 Å². The van der Waals surface area contributed by atoms with Gasteiger partial charge >= 0.3 is 0 Å². The van der Waals surface area contributed by atoms with Crippen LogP contribution in [0.3, 0.4) is 0 Å². The molecule has 0 atom stereocenters. The van der Waals surface area contributed by atoms with Crippen molar-refractivity contribution in [2.24, 2.45) is 0 Å². The van der Waals surface area contributed by atoms with Gasteiger partial charge < -0.3 is 10.1 Å². The zero-order valence-electron chi connectivity index (χ0n) is 12.8. The molecular formula is C14H18N2O4S3. The van der Waals surface area contributed by atoms with Crippen LogP contribution in [0.15, 0.2) is 33.9 Å². The highest BCUT2D eigenvalue weighted by molar-refractivity contribution is 7.89. The molecule has 0 saturated heterocycles. The number of methoxy groups -OCH3 is 1. The van der Waals surface area contributed by atoms with E-state index in [1.54, 1.807) is 11.3 Å². The summed E-state index contributed by atoms with van der Waals surface area (Å²) in [5, 5.41) is 6.21. The SMILES string of the molecule is COCCN(C)S(=O)(=O)c1csc(C(=O)NCc2cccs2)c1. The van der Waals surface area contributed by atoms with Crippen LogP contribution in [0, 0.1) is 0 Å². The average molecular weight is 375 g/mol. The molecule has 0 radical (unpaired) electrons. The number of nitrogens with zero attached hydrogens (tertiary/aromatic N) is 1. The standard InChI is InChI=1S/C14H18N2O4S3/c1-16(5-6-20-2)23(18,19)12-8-13(22-10-12)14(17)15-9-11-4-3-7-21-11/h3-4,7-8,10H,5-6,9H2,1-2H3,(H,15,17).